The highest BCUT2D eigenvalue weighted by Crippen LogP contribution is 1.92. The van der Waals surface area contributed by atoms with Crippen LogP contribution in [0, 0.1) is 0 Å². The molecule has 0 radical (unpaired) electrons. The fourth-order valence-corrected chi connectivity index (χ4v) is 0.407. The molecule has 0 aromatic carbocycles. The van der Waals surface area contributed by atoms with Crippen molar-refractivity contribution in [2.75, 3.05) is 0 Å². The maximum absolute atomic E-state index is 10.2. The SMILES string of the molecule is C=C(N)/C=C\C(C=O)=C/C. The Bertz CT molecular complexity index is 189. The average Bonchev–Trinajstić information content (AvgIpc) is 1.90. The molecule has 0 fully saturated rings. The third-order valence-electron chi connectivity index (χ3n) is 0.959. The van der Waals surface area contributed by atoms with Gasteiger partial charge in [0.25, 0.3) is 0 Å². The van der Waals surface area contributed by atoms with E-state index in [0.717, 1.165) is 6.29 Å². The Labute approximate surface area is 60.7 Å². The van der Waals surface area contributed by atoms with Gasteiger partial charge in [-0.05, 0) is 13.0 Å². The van der Waals surface area contributed by atoms with Crippen molar-refractivity contribution < 1.29 is 4.79 Å². The molecule has 2 nitrogen and oxygen atoms in total. The Balaban J connectivity index is 4.11. The van der Waals surface area contributed by atoms with Crippen LogP contribution in [0.3, 0.4) is 0 Å². The minimum absolute atomic E-state index is 0.446. The highest BCUT2D eigenvalue weighted by atomic mass is 16.1. The van der Waals surface area contributed by atoms with Gasteiger partial charge in [-0.1, -0.05) is 18.7 Å². The monoisotopic (exact) mass is 137 g/mol. The summed E-state index contributed by atoms with van der Waals surface area (Å²) < 4.78 is 0. The first-order valence-electron chi connectivity index (χ1n) is 2.94. The van der Waals surface area contributed by atoms with Crippen LogP contribution < -0.4 is 5.73 Å². The minimum Gasteiger partial charge on any atom is -0.399 e. The van der Waals surface area contributed by atoms with E-state index in [2.05, 4.69) is 6.58 Å². The molecule has 0 bridgehead atoms. The van der Waals surface area contributed by atoms with Crippen molar-refractivity contribution in [3.05, 3.63) is 36.1 Å². The number of rotatable bonds is 3. The number of hydrogen-bond acceptors (Lipinski definition) is 2. The Morgan fingerprint density at radius 3 is 2.40 bits per heavy atom. The van der Waals surface area contributed by atoms with Gasteiger partial charge >= 0.3 is 0 Å². The first-order chi connectivity index (χ1) is 4.70. The first-order valence-corrected chi connectivity index (χ1v) is 2.94. The van der Waals surface area contributed by atoms with E-state index in [-0.39, 0.29) is 0 Å². The normalized spacial score (nSPS) is 11.9. The van der Waals surface area contributed by atoms with Crippen LogP contribution in [-0.4, -0.2) is 6.29 Å². The van der Waals surface area contributed by atoms with Crippen molar-refractivity contribution in [3.63, 3.8) is 0 Å². The van der Waals surface area contributed by atoms with E-state index >= 15 is 0 Å². The summed E-state index contributed by atoms with van der Waals surface area (Å²) in [5, 5.41) is 0. The van der Waals surface area contributed by atoms with Gasteiger partial charge in [0.1, 0.15) is 6.29 Å². The first kappa shape index (κ1) is 8.69. The van der Waals surface area contributed by atoms with Gasteiger partial charge in [0.2, 0.25) is 0 Å². The lowest BCUT2D eigenvalue weighted by Crippen LogP contribution is -1.89. The zero-order chi connectivity index (χ0) is 7.98. The average molecular weight is 137 g/mol. The quantitative estimate of drug-likeness (QED) is 0.360. The molecule has 0 unspecified atom stereocenters. The van der Waals surface area contributed by atoms with Gasteiger partial charge in [-0.15, -0.1) is 0 Å². The number of allylic oxidation sites excluding steroid dienone is 4. The van der Waals surface area contributed by atoms with Crippen LogP contribution in [0.2, 0.25) is 0 Å². The zero-order valence-electron chi connectivity index (χ0n) is 6.00. The molecule has 2 heteroatoms. The molecule has 0 aliphatic heterocycles. The largest absolute Gasteiger partial charge is 0.399 e. The minimum atomic E-state index is 0.446. The topological polar surface area (TPSA) is 43.1 Å². The van der Waals surface area contributed by atoms with Crippen molar-refractivity contribution in [1.82, 2.24) is 0 Å². The summed E-state index contributed by atoms with van der Waals surface area (Å²) >= 11 is 0. The Morgan fingerprint density at radius 1 is 1.50 bits per heavy atom. The van der Waals surface area contributed by atoms with E-state index < -0.39 is 0 Å². The molecule has 0 aliphatic carbocycles. The second-order valence-corrected chi connectivity index (χ2v) is 1.81. The van der Waals surface area contributed by atoms with Crippen LogP contribution in [-0.2, 0) is 4.79 Å². The molecule has 0 aliphatic rings. The predicted molar refractivity (Wildman–Crippen MR) is 42.3 cm³/mol. The van der Waals surface area contributed by atoms with Crippen molar-refractivity contribution in [2.45, 2.75) is 6.92 Å². The van der Waals surface area contributed by atoms with Gasteiger partial charge in [-0.2, -0.15) is 0 Å². The number of aldehydes is 1. The van der Waals surface area contributed by atoms with Crippen LogP contribution in [0.4, 0.5) is 0 Å². The summed E-state index contributed by atoms with van der Waals surface area (Å²) in [6.07, 6.45) is 5.67. The molecule has 10 heavy (non-hydrogen) atoms. The van der Waals surface area contributed by atoms with Crippen LogP contribution in [0.1, 0.15) is 6.92 Å². The third kappa shape index (κ3) is 3.66. The smallest absolute Gasteiger partial charge is 0.149 e. The van der Waals surface area contributed by atoms with Gasteiger partial charge in [0.15, 0.2) is 0 Å². The van der Waals surface area contributed by atoms with Gasteiger partial charge in [-0.3, -0.25) is 4.79 Å². The van der Waals surface area contributed by atoms with Crippen LogP contribution in [0.15, 0.2) is 36.1 Å². The highest BCUT2D eigenvalue weighted by molar-refractivity contribution is 5.77. The molecule has 0 aromatic rings. The van der Waals surface area contributed by atoms with Crippen LogP contribution >= 0.6 is 0 Å². The summed E-state index contributed by atoms with van der Waals surface area (Å²) in [5.74, 6) is 0. The number of carbonyl (C=O) groups excluding carboxylic acids is 1. The van der Waals surface area contributed by atoms with Crippen LogP contribution in [0.5, 0.6) is 0 Å². The molecule has 54 valence electrons. The molecule has 0 spiro atoms. The van der Waals surface area contributed by atoms with Crippen molar-refractivity contribution in [2.24, 2.45) is 5.73 Å². The summed E-state index contributed by atoms with van der Waals surface area (Å²) in [4.78, 5) is 10.2. The highest BCUT2D eigenvalue weighted by Gasteiger charge is 1.83. The molecule has 0 rings (SSSR count). The fraction of sp³-hybridized carbons (Fsp3) is 0.125. The summed E-state index contributed by atoms with van der Waals surface area (Å²) in [5.41, 5.74) is 6.27. The molecule has 0 aromatic heterocycles. The van der Waals surface area contributed by atoms with E-state index in [1.807, 2.05) is 0 Å². The molecular weight excluding hydrogens is 126 g/mol. The van der Waals surface area contributed by atoms with Crippen molar-refractivity contribution >= 4 is 6.29 Å². The van der Waals surface area contributed by atoms with E-state index in [1.54, 1.807) is 25.2 Å². The molecule has 2 N–H and O–H groups in total. The maximum atomic E-state index is 10.2. The Hall–Kier alpha value is -1.31. The second-order valence-electron chi connectivity index (χ2n) is 1.81. The van der Waals surface area contributed by atoms with E-state index in [1.165, 1.54) is 0 Å². The van der Waals surface area contributed by atoms with Crippen LogP contribution in [0.25, 0.3) is 0 Å². The lowest BCUT2D eigenvalue weighted by molar-refractivity contribution is -0.104. The molecule has 0 amide bonds. The van der Waals surface area contributed by atoms with Gasteiger partial charge < -0.3 is 5.73 Å². The predicted octanol–water partition coefficient (Wildman–Crippen LogP) is 1.16. The zero-order valence-corrected chi connectivity index (χ0v) is 6.00. The standard InChI is InChI=1S/C8H11NO/c1-3-8(6-10)5-4-7(2)9/h3-6H,2,9H2,1H3/b5-4-,8-3+. The van der Waals surface area contributed by atoms with Crippen molar-refractivity contribution in [3.8, 4) is 0 Å². The van der Waals surface area contributed by atoms with Crippen molar-refractivity contribution in [1.29, 1.82) is 0 Å². The third-order valence-corrected chi connectivity index (χ3v) is 0.959. The lowest BCUT2D eigenvalue weighted by atomic mass is 10.2. The maximum Gasteiger partial charge on any atom is 0.149 e. The van der Waals surface area contributed by atoms with Gasteiger partial charge in [0, 0.05) is 11.3 Å². The summed E-state index contributed by atoms with van der Waals surface area (Å²) in [7, 11) is 0. The Kier molecular flexibility index (Phi) is 3.96. The van der Waals surface area contributed by atoms with E-state index in [0.29, 0.717) is 11.3 Å². The van der Waals surface area contributed by atoms with Gasteiger partial charge in [-0.25, -0.2) is 0 Å². The lowest BCUT2D eigenvalue weighted by Gasteiger charge is -1.86. The number of carbonyl (C=O) groups is 1. The molecule has 0 atom stereocenters. The molecule has 0 saturated carbocycles. The van der Waals surface area contributed by atoms with E-state index in [4.69, 9.17) is 5.73 Å². The molecule has 0 heterocycles. The Morgan fingerprint density at radius 2 is 2.10 bits per heavy atom. The second kappa shape index (κ2) is 4.56. The fourth-order valence-electron chi connectivity index (χ4n) is 0.407. The summed E-state index contributed by atoms with van der Waals surface area (Å²) in [6, 6.07) is 0. The molecule has 0 saturated heterocycles. The summed E-state index contributed by atoms with van der Waals surface area (Å²) in [6.45, 7) is 5.23. The van der Waals surface area contributed by atoms with E-state index in [9.17, 15) is 4.79 Å². The van der Waals surface area contributed by atoms with Gasteiger partial charge in [0.05, 0.1) is 0 Å². The molecular formula is C8H11NO. The number of hydrogen-bond donors (Lipinski definition) is 1. The number of nitrogens with two attached hydrogens (primary N) is 1.